The molecule has 2 aliphatic rings. The lowest BCUT2D eigenvalue weighted by Crippen LogP contribution is -2.44. The molecule has 1 saturated heterocycles. The van der Waals surface area contributed by atoms with Crippen LogP contribution in [0.4, 0.5) is 0 Å². The highest BCUT2D eigenvalue weighted by Crippen LogP contribution is 2.33. The monoisotopic (exact) mass is 387 g/mol. The van der Waals surface area contributed by atoms with Crippen molar-refractivity contribution in [1.29, 1.82) is 0 Å². The molecule has 0 saturated carbocycles. The molecule has 4 rings (SSSR count). The second kappa shape index (κ2) is 7.68. The van der Waals surface area contributed by atoms with Crippen molar-refractivity contribution in [2.45, 2.75) is 24.9 Å². The summed E-state index contributed by atoms with van der Waals surface area (Å²) >= 11 is 5.81. The number of methoxy groups -OCH3 is 1. The summed E-state index contributed by atoms with van der Waals surface area (Å²) in [6, 6.07) is 10.7. The number of carbonyl (C=O) groups is 1. The zero-order valence-electron chi connectivity index (χ0n) is 14.6. The van der Waals surface area contributed by atoms with Crippen LogP contribution in [0.1, 0.15) is 28.8 Å². The van der Waals surface area contributed by atoms with Gasteiger partial charge in [0.05, 0.1) is 18.7 Å². The molecule has 1 unspecified atom stereocenters. The van der Waals surface area contributed by atoms with E-state index in [4.69, 9.17) is 30.5 Å². The Labute approximate surface area is 161 Å². The zero-order chi connectivity index (χ0) is 18.8. The summed E-state index contributed by atoms with van der Waals surface area (Å²) in [7, 11) is 1.62. The van der Waals surface area contributed by atoms with Gasteiger partial charge in [-0.1, -0.05) is 23.7 Å². The number of ketones is 1. The molecule has 1 aromatic carbocycles. The molecule has 0 amide bonds. The van der Waals surface area contributed by atoms with Crippen molar-refractivity contribution in [1.82, 2.24) is 4.98 Å². The maximum absolute atomic E-state index is 12.5. The molecule has 2 aromatic rings. The van der Waals surface area contributed by atoms with Gasteiger partial charge in [0, 0.05) is 11.8 Å². The Balaban J connectivity index is 1.43. The zero-order valence-corrected chi connectivity index (χ0v) is 15.4. The van der Waals surface area contributed by atoms with Gasteiger partial charge in [-0.25, -0.2) is 0 Å². The highest BCUT2D eigenvalue weighted by atomic mass is 35.5. The summed E-state index contributed by atoms with van der Waals surface area (Å²) in [5, 5.41) is 0.476. The van der Waals surface area contributed by atoms with E-state index in [0.29, 0.717) is 18.1 Å². The van der Waals surface area contributed by atoms with Crippen molar-refractivity contribution in [3.05, 3.63) is 70.7 Å². The number of fused-ring (bicyclic) bond motifs is 1. The number of Topliss-reactive ketones (excluding diaryl/α,β-unsaturated/α-hetero) is 1. The fourth-order valence-corrected chi connectivity index (χ4v) is 3.16. The maximum Gasteiger partial charge on any atom is 0.245 e. The lowest BCUT2D eigenvalue weighted by Gasteiger charge is -2.38. The highest BCUT2D eigenvalue weighted by molar-refractivity contribution is 6.30. The molecule has 140 valence electrons. The number of aromatic nitrogens is 1. The molecule has 2 aliphatic heterocycles. The Morgan fingerprint density at radius 3 is 2.70 bits per heavy atom. The van der Waals surface area contributed by atoms with E-state index in [0.717, 1.165) is 11.3 Å². The Bertz CT molecular complexity index is 850. The van der Waals surface area contributed by atoms with Crippen LogP contribution in [0.2, 0.25) is 5.02 Å². The quantitative estimate of drug-likeness (QED) is 0.745. The minimum Gasteiger partial charge on any atom is -0.497 e. The lowest BCUT2D eigenvalue weighted by atomic mass is 10.0. The Morgan fingerprint density at radius 2 is 2.00 bits per heavy atom. The van der Waals surface area contributed by atoms with E-state index in [1.807, 2.05) is 24.3 Å². The first-order chi connectivity index (χ1) is 13.1. The molecular formula is C20H18ClNO5. The van der Waals surface area contributed by atoms with Gasteiger partial charge in [-0.05, 0) is 36.8 Å². The van der Waals surface area contributed by atoms with Crippen molar-refractivity contribution in [3.63, 3.8) is 0 Å². The number of nitrogens with zero attached hydrogens (tertiary/aromatic N) is 1. The van der Waals surface area contributed by atoms with Crippen LogP contribution in [-0.2, 0) is 14.2 Å². The summed E-state index contributed by atoms with van der Waals surface area (Å²) in [4.78, 5) is 16.6. The predicted molar refractivity (Wildman–Crippen MR) is 97.7 cm³/mol. The van der Waals surface area contributed by atoms with E-state index in [-0.39, 0.29) is 29.4 Å². The summed E-state index contributed by atoms with van der Waals surface area (Å²) in [5.74, 6) is 0.763. The average molecular weight is 388 g/mol. The first-order valence-corrected chi connectivity index (χ1v) is 8.96. The van der Waals surface area contributed by atoms with Crippen LogP contribution in [0, 0.1) is 0 Å². The standard InChI is InChI=1S/C20H18ClNO5/c1-24-14-5-2-12(3-6-14)20-25-11-18-16(27-20)8-9-17(26-18)19(23)15-7-4-13(21)10-22-15/h2-7,9-10,16,18,20H,8,11H2,1H3/t16-,18+,20?/m0/s1. The minimum atomic E-state index is -0.468. The molecule has 7 heteroatoms. The summed E-state index contributed by atoms with van der Waals surface area (Å²) < 4.78 is 22.8. The molecule has 1 aromatic heterocycles. The lowest BCUT2D eigenvalue weighted by molar-refractivity contribution is -0.261. The topological polar surface area (TPSA) is 66.9 Å². The Morgan fingerprint density at radius 1 is 1.19 bits per heavy atom. The van der Waals surface area contributed by atoms with Gasteiger partial charge in [0.15, 0.2) is 12.0 Å². The largest absolute Gasteiger partial charge is 0.497 e. The van der Waals surface area contributed by atoms with Gasteiger partial charge in [-0.3, -0.25) is 9.78 Å². The molecule has 0 N–H and O–H groups in total. The molecule has 0 radical (unpaired) electrons. The highest BCUT2D eigenvalue weighted by Gasteiger charge is 2.38. The maximum atomic E-state index is 12.5. The van der Waals surface area contributed by atoms with Crippen LogP contribution in [0.25, 0.3) is 0 Å². The number of carbonyl (C=O) groups excluding carboxylic acids is 1. The summed E-state index contributed by atoms with van der Waals surface area (Å²) in [6.07, 6.45) is 2.76. The number of pyridine rings is 1. The number of hydrogen-bond acceptors (Lipinski definition) is 6. The van der Waals surface area contributed by atoms with Crippen LogP contribution in [0.3, 0.4) is 0 Å². The van der Waals surface area contributed by atoms with Crippen molar-refractivity contribution < 1.29 is 23.7 Å². The average Bonchev–Trinajstić information content (AvgIpc) is 2.73. The molecule has 1 fully saturated rings. The van der Waals surface area contributed by atoms with Gasteiger partial charge < -0.3 is 18.9 Å². The number of halogens is 1. The normalized spacial score (nSPS) is 24.4. The van der Waals surface area contributed by atoms with Crippen molar-refractivity contribution >= 4 is 17.4 Å². The van der Waals surface area contributed by atoms with Gasteiger partial charge >= 0.3 is 0 Å². The van der Waals surface area contributed by atoms with E-state index < -0.39 is 6.29 Å². The molecule has 0 bridgehead atoms. The molecule has 6 nitrogen and oxygen atoms in total. The fraction of sp³-hybridized carbons (Fsp3) is 0.300. The summed E-state index contributed by atoms with van der Waals surface area (Å²) in [6.45, 7) is 0.333. The number of benzene rings is 1. The third kappa shape index (κ3) is 3.83. The van der Waals surface area contributed by atoms with Crippen LogP contribution in [0.15, 0.2) is 54.4 Å². The van der Waals surface area contributed by atoms with Crippen LogP contribution in [-0.4, -0.2) is 36.7 Å². The smallest absolute Gasteiger partial charge is 0.245 e. The number of ether oxygens (including phenoxy) is 4. The van der Waals surface area contributed by atoms with Crippen LogP contribution in [0.5, 0.6) is 5.75 Å². The number of rotatable bonds is 4. The SMILES string of the molecule is COc1ccc(C2OC[C@H]3OC(C(=O)c4ccc(Cl)cn4)=CC[C@@H]3O2)cc1. The number of hydrogen-bond donors (Lipinski definition) is 0. The van der Waals surface area contributed by atoms with E-state index in [1.165, 1.54) is 6.20 Å². The second-order valence-electron chi connectivity index (χ2n) is 6.26. The third-order valence-electron chi connectivity index (χ3n) is 4.51. The van der Waals surface area contributed by atoms with Crippen molar-refractivity contribution in [3.8, 4) is 5.75 Å². The minimum absolute atomic E-state index is 0.180. The van der Waals surface area contributed by atoms with E-state index in [2.05, 4.69) is 4.98 Å². The van der Waals surface area contributed by atoms with Gasteiger partial charge in [0.2, 0.25) is 5.78 Å². The van der Waals surface area contributed by atoms with Gasteiger partial charge in [-0.2, -0.15) is 0 Å². The first kappa shape index (κ1) is 18.0. The molecule has 0 aliphatic carbocycles. The third-order valence-corrected chi connectivity index (χ3v) is 4.73. The molecule has 3 heterocycles. The number of allylic oxidation sites excluding steroid dienone is 1. The van der Waals surface area contributed by atoms with Gasteiger partial charge in [-0.15, -0.1) is 0 Å². The molecule has 3 atom stereocenters. The second-order valence-corrected chi connectivity index (χ2v) is 6.70. The van der Waals surface area contributed by atoms with E-state index in [9.17, 15) is 4.79 Å². The van der Waals surface area contributed by atoms with Crippen molar-refractivity contribution in [2.75, 3.05) is 13.7 Å². The molecule has 27 heavy (non-hydrogen) atoms. The van der Waals surface area contributed by atoms with Crippen LogP contribution >= 0.6 is 11.6 Å². The predicted octanol–water partition coefficient (Wildman–Crippen LogP) is 3.71. The van der Waals surface area contributed by atoms with E-state index >= 15 is 0 Å². The van der Waals surface area contributed by atoms with E-state index in [1.54, 1.807) is 25.3 Å². The Hall–Kier alpha value is -2.41. The first-order valence-electron chi connectivity index (χ1n) is 8.58. The van der Waals surface area contributed by atoms with Gasteiger partial charge in [0.1, 0.15) is 23.7 Å². The summed E-state index contributed by atoms with van der Waals surface area (Å²) in [5.41, 5.74) is 1.20. The van der Waals surface area contributed by atoms with Crippen molar-refractivity contribution in [2.24, 2.45) is 0 Å². The fourth-order valence-electron chi connectivity index (χ4n) is 3.05. The van der Waals surface area contributed by atoms with Crippen LogP contribution < -0.4 is 4.74 Å². The Kier molecular flexibility index (Phi) is 5.11. The molecule has 0 spiro atoms. The van der Waals surface area contributed by atoms with Gasteiger partial charge in [0.25, 0.3) is 0 Å². The molecular weight excluding hydrogens is 370 g/mol.